The van der Waals surface area contributed by atoms with Gasteiger partial charge < -0.3 is 29.5 Å². The molecule has 2 unspecified atom stereocenters. The third kappa shape index (κ3) is 7.91. The zero-order chi connectivity index (χ0) is 21.9. The molecule has 0 aromatic rings. The number of ether oxygens (including phenoxy) is 3. The largest absolute Gasteiger partial charge is 0.481 e. The van der Waals surface area contributed by atoms with Crippen molar-refractivity contribution in [3.8, 4) is 0 Å². The van der Waals surface area contributed by atoms with Crippen LogP contribution in [0.25, 0.3) is 0 Å². The fourth-order valence-electron chi connectivity index (χ4n) is 2.36. The Kier molecular flexibility index (Phi) is 10.8. The third-order valence-corrected chi connectivity index (χ3v) is 3.59. The summed E-state index contributed by atoms with van der Waals surface area (Å²) in [7, 11) is 0. The van der Waals surface area contributed by atoms with Gasteiger partial charge in [0.05, 0.1) is 26.1 Å². The number of carboxylic acids is 2. The second-order valence-electron chi connectivity index (χ2n) is 5.88. The van der Waals surface area contributed by atoms with Crippen molar-refractivity contribution in [3.63, 3.8) is 0 Å². The topological polar surface area (TPSA) is 174 Å². The number of esters is 3. The molecule has 0 radical (unpaired) electrons. The highest BCUT2D eigenvalue weighted by molar-refractivity contribution is 5.96. The first-order chi connectivity index (χ1) is 13.0. The van der Waals surface area contributed by atoms with E-state index in [0.717, 1.165) is 0 Å². The van der Waals surface area contributed by atoms with E-state index in [1.165, 1.54) is 13.8 Å². The maximum absolute atomic E-state index is 12.2. The summed E-state index contributed by atoms with van der Waals surface area (Å²) in [5, 5.41) is 27.7. The van der Waals surface area contributed by atoms with Crippen LogP contribution in [-0.2, 0) is 38.2 Å². The normalized spacial score (nSPS) is 13.9. The van der Waals surface area contributed by atoms with Crippen LogP contribution >= 0.6 is 0 Å². The molecular formula is C17H26O11. The average Bonchev–Trinajstić information content (AvgIpc) is 2.54. The molecule has 11 heteroatoms. The van der Waals surface area contributed by atoms with Crippen LogP contribution < -0.4 is 0 Å². The number of carbonyl (C=O) groups is 5. The highest BCUT2D eigenvalue weighted by atomic mass is 16.6. The Labute approximate surface area is 161 Å². The molecule has 0 fully saturated rings. The van der Waals surface area contributed by atoms with E-state index in [0.29, 0.717) is 6.42 Å². The summed E-state index contributed by atoms with van der Waals surface area (Å²) >= 11 is 0. The van der Waals surface area contributed by atoms with Crippen molar-refractivity contribution in [2.75, 3.05) is 13.2 Å². The molecule has 0 spiro atoms. The van der Waals surface area contributed by atoms with Gasteiger partial charge >= 0.3 is 29.8 Å². The molecule has 0 aromatic carbocycles. The maximum atomic E-state index is 12.2. The smallest absolute Gasteiger partial charge is 0.336 e. The van der Waals surface area contributed by atoms with Gasteiger partial charge in [-0.15, -0.1) is 0 Å². The average molecular weight is 406 g/mol. The van der Waals surface area contributed by atoms with Crippen LogP contribution in [0.15, 0.2) is 0 Å². The summed E-state index contributed by atoms with van der Waals surface area (Å²) in [5.41, 5.74) is -2.90. The van der Waals surface area contributed by atoms with Gasteiger partial charge in [-0.05, 0) is 20.3 Å². The Morgan fingerprint density at radius 3 is 1.75 bits per heavy atom. The van der Waals surface area contributed by atoms with E-state index in [9.17, 15) is 29.1 Å². The van der Waals surface area contributed by atoms with Crippen LogP contribution in [0.3, 0.4) is 0 Å². The number of hydrogen-bond acceptors (Lipinski definition) is 9. The summed E-state index contributed by atoms with van der Waals surface area (Å²) in [5.74, 6) is -8.41. The molecule has 11 nitrogen and oxygen atoms in total. The fourth-order valence-corrected chi connectivity index (χ4v) is 2.36. The molecule has 0 aliphatic heterocycles. The molecular weight excluding hydrogens is 380 g/mol. The van der Waals surface area contributed by atoms with Crippen molar-refractivity contribution < 1.29 is 53.5 Å². The molecule has 0 saturated carbocycles. The Morgan fingerprint density at radius 2 is 1.39 bits per heavy atom. The lowest BCUT2D eigenvalue weighted by Crippen LogP contribution is -2.45. The van der Waals surface area contributed by atoms with E-state index in [2.05, 4.69) is 0 Å². The predicted molar refractivity (Wildman–Crippen MR) is 91.0 cm³/mol. The van der Waals surface area contributed by atoms with Gasteiger partial charge in [0.2, 0.25) is 0 Å². The highest BCUT2D eigenvalue weighted by Crippen LogP contribution is 2.22. The van der Waals surface area contributed by atoms with Crippen LogP contribution in [-0.4, -0.2) is 70.1 Å². The van der Waals surface area contributed by atoms with Crippen LogP contribution in [0.4, 0.5) is 0 Å². The van der Waals surface area contributed by atoms with Crippen LogP contribution in [0.5, 0.6) is 0 Å². The first-order valence-electron chi connectivity index (χ1n) is 8.72. The van der Waals surface area contributed by atoms with Gasteiger partial charge in [-0.25, -0.2) is 4.79 Å². The number of aliphatic hydroxyl groups is 1. The van der Waals surface area contributed by atoms with Crippen LogP contribution in [0.1, 0.15) is 46.5 Å². The molecule has 0 rings (SSSR count). The van der Waals surface area contributed by atoms with Gasteiger partial charge in [0.15, 0.2) is 11.5 Å². The van der Waals surface area contributed by atoms with Crippen molar-refractivity contribution in [1.29, 1.82) is 0 Å². The van der Waals surface area contributed by atoms with Gasteiger partial charge in [0.25, 0.3) is 0 Å². The Bertz CT molecular complexity index is 568. The van der Waals surface area contributed by atoms with E-state index >= 15 is 0 Å². The second-order valence-corrected chi connectivity index (χ2v) is 5.88. The minimum atomic E-state index is -2.90. The van der Waals surface area contributed by atoms with Gasteiger partial charge in [0.1, 0.15) is 6.10 Å². The minimum absolute atomic E-state index is 0.0401. The molecule has 0 aliphatic carbocycles. The SMILES string of the molecule is CCCC(OC(=O)CC(O)(CC(=O)O)C(=O)O)C(C(=O)OCC)C(=O)OCC. The first kappa shape index (κ1) is 25.3. The molecule has 0 heterocycles. The lowest BCUT2D eigenvalue weighted by molar-refractivity contribution is -0.179. The van der Waals surface area contributed by atoms with Crippen LogP contribution in [0, 0.1) is 5.92 Å². The van der Waals surface area contributed by atoms with Crippen molar-refractivity contribution >= 4 is 29.8 Å². The lowest BCUT2D eigenvalue weighted by Gasteiger charge is -2.26. The molecule has 0 aliphatic rings. The minimum Gasteiger partial charge on any atom is -0.481 e. The predicted octanol–water partition coefficient (Wildman–Crippen LogP) is 0.121. The standard InChI is InChI=1S/C17H26O11/c1-4-7-10(13(14(21)26-5-2)15(22)27-6-3)28-12(20)9-17(25,16(23)24)8-11(18)19/h10,13,25H,4-9H2,1-3H3,(H,18,19)(H,23,24). The number of carbonyl (C=O) groups excluding carboxylic acids is 3. The Hall–Kier alpha value is -2.69. The van der Waals surface area contributed by atoms with Crippen molar-refractivity contribution in [3.05, 3.63) is 0 Å². The summed E-state index contributed by atoms with van der Waals surface area (Å²) in [6.45, 7) is 4.63. The van der Waals surface area contributed by atoms with Crippen molar-refractivity contribution in [1.82, 2.24) is 0 Å². The quantitative estimate of drug-likeness (QED) is 0.215. The highest BCUT2D eigenvalue weighted by Gasteiger charge is 2.44. The fraction of sp³-hybridized carbons (Fsp3) is 0.706. The van der Waals surface area contributed by atoms with Crippen LogP contribution in [0.2, 0.25) is 0 Å². The van der Waals surface area contributed by atoms with Crippen molar-refractivity contribution in [2.24, 2.45) is 5.92 Å². The number of hydrogen-bond donors (Lipinski definition) is 3. The third-order valence-electron chi connectivity index (χ3n) is 3.59. The van der Waals surface area contributed by atoms with E-state index in [4.69, 9.17) is 24.4 Å². The second kappa shape index (κ2) is 11.9. The van der Waals surface area contributed by atoms with Gasteiger partial charge in [-0.1, -0.05) is 13.3 Å². The zero-order valence-electron chi connectivity index (χ0n) is 16.0. The first-order valence-corrected chi connectivity index (χ1v) is 8.72. The number of rotatable bonds is 13. The van der Waals surface area contributed by atoms with Crippen molar-refractivity contribution in [2.45, 2.75) is 58.2 Å². The summed E-state index contributed by atoms with van der Waals surface area (Å²) in [6, 6.07) is 0. The monoisotopic (exact) mass is 406 g/mol. The van der Waals surface area contributed by atoms with Gasteiger partial charge in [-0.2, -0.15) is 0 Å². The molecule has 160 valence electrons. The summed E-state index contributed by atoms with van der Waals surface area (Å²) < 4.78 is 14.7. The van der Waals surface area contributed by atoms with E-state index in [1.54, 1.807) is 6.92 Å². The molecule has 0 bridgehead atoms. The van der Waals surface area contributed by atoms with E-state index < -0.39 is 60.3 Å². The summed E-state index contributed by atoms with van der Waals surface area (Å²) in [4.78, 5) is 58.4. The Balaban J connectivity index is 5.54. The van der Waals surface area contributed by atoms with E-state index in [-0.39, 0.29) is 19.6 Å². The summed E-state index contributed by atoms with van der Waals surface area (Å²) in [6.07, 6.45) is -3.34. The molecule has 3 N–H and O–H groups in total. The molecule has 0 amide bonds. The molecule has 28 heavy (non-hydrogen) atoms. The van der Waals surface area contributed by atoms with E-state index in [1.807, 2.05) is 0 Å². The number of carboxylic acid groups (broad SMARTS) is 2. The lowest BCUT2D eigenvalue weighted by atomic mass is 9.95. The molecule has 0 saturated heterocycles. The van der Waals surface area contributed by atoms with Gasteiger partial charge in [0, 0.05) is 0 Å². The zero-order valence-corrected chi connectivity index (χ0v) is 16.0. The van der Waals surface area contributed by atoms with Gasteiger partial charge in [-0.3, -0.25) is 19.2 Å². The molecule has 2 atom stereocenters. The molecule has 0 aromatic heterocycles. The Morgan fingerprint density at radius 1 is 0.893 bits per heavy atom. The number of aliphatic carboxylic acids is 2. The maximum Gasteiger partial charge on any atom is 0.336 e.